The van der Waals surface area contributed by atoms with Gasteiger partial charge in [0.05, 0.1) is 37.7 Å². The Morgan fingerprint density at radius 1 is 1.04 bits per heavy atom. The van der Waals surface area contributed by atoms with E-state index in [4.69, 9.17) is 9.47 Å². The zero-order valence-electron chi connectivity index (χ0n) is 27.2. The quantitative estimate of drug-likeness (QED) is 0.344. The molecule has 0 unspecified atom stereocenters. The lowest BCUT2D eigenvalue weighted by molar-refractivity contribution is -0.139. The van der Waals surface area contributed by atoms with Crippen LogP contribution in [0.4, 0.5) is 0 Å². The minimum atomic E-state index is -0.876. The summed E-state index contributed by atoms with van der Waals surface area (Å²) in [5.74, 6) is -0.744. The van der Waals surface area contributed by atoms with Crippen LogP contribution in [-0.2, 0) is 14.4 Å². The van der Waals surface area contributed by atoms with Crippen LogP contribution >= 0.6 is 0 Å². The van der Waals surface area contributed by atoms with E-state index in [0.29, 0.717) is 54.4 Å². The van der Waals surface area contributed by atoms with Crippen LogP contribution < -0.4 is 25.4 Å². The second kappa shape index (κ2) is 15.4. The lowest BCUT2D eigenvalue weighted by Gasteiger charge is -2.27. The highest BCUT2D eigenvalue weighted by atomic mass is 16.5. The van der Waals surface area contributed by atoms with Crippen LogP contribution in [0.3, 0.4) is 0 Å². The molecule has 3 N–H and O–H groups in total. The van der Waals surface area contributed by atoms with Gasteiger partial charge in [0.2, 0.25) is 17.7 Å². The molecule has 6 rings (SSSR count). The van der Waals surface area contributed by atoms with Crippen molar-refractivity contribution in [2.24, 2.45) is 0 Å². The SMILES string of the molecule is COc1cc2ccc1OCCNC(=O)CN(C(=O)c1cnn(-c3ccccn3)c1C)CCCNC(=O)[C@H]1CCCN1C(=O)[C@H](C)NC2=O. The number of nitrogens with one attached hydrogen (secondary N) is 3. The first-order chi connectivity index (χ1) is 23.2. The second-order valence-electron chi connectivity index (χ2n) is 11.6. The van der Waals surface area contributed by atoms with Gasteiger partial charge < -0.3 is 35.2 Å². The predicted molar refractivity (Wildman–Crippen MR) is 173 cm³/mol. The van der Waals surface area contributed by atoms with E-state index in [0.717, 1.165) is 0 Å². The Morgan fingerprint density at radius 3 is 2.65 bits per heavy atom. The van der Waals surface area contributed by atoms with Crippen LogP contribution in [0.25, 0.3) is 5.82 Å². The van der Waals surface area contributed by atoms with Gasteiger partial charge in [0.1, 0.15) is 18.7 Å². The van der Waals surface area contributed by atoms with Crippen molar-refractivity contribution in [2.45, 2.75) is 45.2 Å². The van der Waals surface area contributed by atoms with Crippen molar-refractivity contribution in [1.82, 2.24) is 40.5 Å². The number of nitrogens with zero attached hydrogens (tertiary/aromatic N) is 5. The number of rotatable bonds is 3. The van der Waals surface area contributed by atoms with Gasteiger partial charge in [-0.15, -0.1) is 0 Å². The fraction of sp³-hybridized carbons (Fsp3) is 0.424. The van der Waals surface area contributed by atoms with E-state index < -0.39 is 29.8 Å². The molecule has 254 valence electrons. The van der Waals surface area contributed by atoms with Gasteiger partial charge >= 0.3 is 0 Å². The van der Waals surface area contributed by atoms with E-state index in [1.165, 1.54) is 29.2 Å². The molecule has 1 saturated heterocycles. The van der Waals surface area contributed by atoms with E-state index in [2.05, 4.69) is 26.0 Å². The zero-order chi connectivity index (χ0) is 34.2. The van der Waals surface area contributed by atoms with Crippen molar-refractivity contribution < 1.29 is 33.4 Å². The number of carbonyl (C=O) groups excluding carboxylic acids is 5. The van der Waals surface area contributed by atoms with Crippen molar-refractivity contribution in [3.63, 3.8) is 0 Å². The molecule has 0 aliphatic carbocycles. The molecule has 5 heterocycles. The van der Waals surface area contributed by atoms with Crippen LogP contribution in [0.5, 0.6) is 11.5 Å². The number of hydrogen-bond donors (Lipinski definition) is 3. The molecule has 15 nitrogen and oxygen atoms in total. The lowest BCUT2D eigenvalue weighted by atomic mass is 10.1. The minimum Gasteiger partial charge on any atom is -0.493 e. The summed E-state index contributed by atoms with van der Waals surface area (Å²) in [5, 5.41) is 12.7. The third-order valence-corrected chi connectivity index (χ3v) is 8.30. The molecule has 0 radical (unpaired) electrons. The Bertz CT molecular complexity index is 1660. The van der Waals surface area contributed by atoms with E-state index in [1.807, 2.05) is 6.07 Å². The average Bonchev–Trinajstić information content (AvgIpc) is 3.74. The maximum absolute atomic E-state index is 13.8. The molecule has 1 aromatic carbocycles. The summed E-state index contributed by atoms with van der Waals surface area (Å²) in [4.78, 5) is 73.6. The highest BCUT2D eigenvalue weighted by Crippen LogP contribution is 2.28. The van der Waals surface area contributed by atoms with E-state index >= 15 is 0 Å². The molecule has 3 aromatic rings. The molecule has 2 atom stereocenters. The van der Waals surface area contributed by atoms with Gasteiger partial charge in [0, 0.05) is 31.4 Å². The van der Waals surface area contributed by atoms with Gasteiger partial charge in [-0.2, -0.15) is 5.10 Å². The maximum Gasteiger partial charge on any atom is 0.257 e. The molecule has 15 heteroatoms. The van der Waals surface area contributed by atoms with Crippen molar-refractivity contribution in [1.29, 1.82) is 0 Å². The maximum atomic E-state index is 13.8. The normalized spacial score (nSPS) is 20.1. The predicted octanol–water partition coefficient (Wildman–Crippen LogP) is 0.851. The molecule has 0 spiro atoms. The largest absolute Gasteiger partial charge is 0.493 e. The van der Waals surface area contributed by atoms with Crippen LogP contribution in [0.2, 0.25) is 0 Å². The number of ether oxygens (including phenoxy) is 2. The standard InChI is InChI=1S/C33H40N8O7/c1-21-32(45)40-16-6-8-25(40)31(44)36-13-7-15-39(33(46)24-19-37-41(22(24)2)28-9-4-5-12-34-28)20-29(42)35-14-17-48-26-11-10-23(30(43)38-21)18-27(26)47-3/h4-5,9-12,18-19,21,25H,6-8,13-17,20H2,1-3H3,(H,35,42)(H,36,44)(H,38,43)/t21-,25+/m0/s1. The molecular formula is C33H40N8O7. The molecule has 0 saturated carbocycles. The fourth-order valence-corrected chi connectivity index (χ4v) is 5.75. The molecule has 48 heavy (non-hydrogen) atoms. The number of benzene rings is 1. The van der Waals surface area contributed by atoms with Crippen LogP contribution in [0.1, 0.15) is 52.6 Å². The second-order valence-corrected chi connectivity index (χ2v) is 11.6. The summed E-state index contributed by atoms with van der Waals surface area (Å²) in [6, 6.07) is 8.43. The molecule has 2 bridgehead atoms. The Balaban J connectivity index is 1.35. The van der Waals surface area contributed by atoms with Gasteiger partial charge in [-0.1, -0.05) is 6.07 Å². The third kappa shape index (κ3) is 7.73. The topological polar surface area (TPSA) is 177 Å². The number of fused-ring (bicyclic) bond motifs is 16. The zero-order valence-corrected chi connectivity index (χ0v) is 27.2. The van der Waals surface area contributed by atoms with Gasteiger partial charge in [-0.25, -0.2) is 9.67 Å². The van der Waals surface area contributed by atoms with Crippen molar-refractivity contribution in [2.75, 3.05) is 46.4 Å². The molecule has 3 aliphatic heterocycles. The minimum absolute atomic E-state index is 0.0894. The van der Waals surface area contributed by atoms with Gasteiger partial charge in [-0.3, -0.25) is 24.0 Å². The highest BCUT2D eigenvalue weighted by molar-refractivity contribution is 5.99. The monoisotopic (exact) mass is 660 g/mol. The summed E-state index contributed by atoms with van der Waals surface area (Å²) in [6.45, 7) is 4.09. The van der Waals surface area contributed by atoms with Gasteiger partial charge in [0.25, 0.3) is 11.8 Å². The highest BCUT2D eigenvalue weighted by Gasteiger charge is 2.36. The van der Waals surface area contributed by atoms with Gasteiger partial charge in [0.15, 0.2) is 17.3 Å². The Kier molecular flexibility index (Phi) is 10.9. The number of carbonyl (C=O) groups is 5. The Morgan fingerprint density at radius 2 is 1.88 bits per heavy atom. The number of aromatic nitrogens is 3. The summed E-state index contributed by atoms with van der Waals surface area (Å²) in [7, 11) is 1.44. The summed E-state index contributed by atoms with van der Waals surface area (Å²) in [5.41, 5.74) is 1.14. The van der Waals surface area contributed by atoms with Crippen LogP contribution in [-0.4, -0.2) is 113 Å². The van der Waals surface area contributed by atoms with E-state index in [-0.39, 0.29) is 50.2 Å². The first-order valence-electron chi connectivity index (χ1n) is 15.9. The van der Waals surface area contributed by atoms with Crippen molar-refractivity contribution in [3.8, 4) is 17.3 Å². The first kappa shape index (κ1) is 33.9. The molecule has 1 fully saturated rings. The molecule has 5 amide bonds. The Hall–Kier alpha value is -5.47. The van der Waals surface area contributed by atoms with E-state index in [1.54, 1.807) is 49.0 Å². The number of amides is 5. The summed E-state index contributed by atoms with van der Waals surface area (Å²) < 4.78 is 12.8. The fourth-order valence-electron chi connectivity index (χ4n) is 5.75. The van der Waals surface area contributed by atoms with Crippen molar-refractivity contribution in [3.05, 3.63) is 65.6 Å². The summed E-state index contributed by atoms with van der Waals surface area (Å²) in [6.07, 6.45) is 4.57. The average molecular weight is 661 g/mol. The van der Waals surface area contributed by atoms with Crippen molar-refractivity contribution >= 4 is 29.5 Å². The van der Waals surface area contributed by atoms with Crippen LogP contribution in [0.15, 0.2) is 48.8 Å². The first-order valence-corrected chi connectivity index (χ1v) is 15.9. The van der Waals surface area contributed by atoms with Gasteiger partial charge in [-0.05, 0) is 63.4 Å². The molecule has 2 aromatic heterocycles. The van der Waals surface area contributed by atoms with Crippen LogP contribution in [0, 0.1) is 6.92 Å². The Labute approximate surface area is 277 Å². The smallest absolute Gasteiger partial charge is 0.257 e. The van der Waals surface area contributed by atoms with E-state index in [9.17, 15) is 24.0 Å². The number of hydrogen-bond acceptors (Lipinski definition) is 9. The summed E-state index contributed by atoms with van der Waals surface area (Å²) >= 11 is 0. The number of methoxy groups -OCH3 is 1. The molecular weight excluding hydrogens is 620 g/mol. The molecule has 3 aliphatic rings. The lowest BCUT2D eigenvalue weighted by Crippen LogP contribution is -2.52. The third-order valence-electron chi connectivity index (χ3n) is 8.30. The number of pyridine rings is 1.